The largest absolute Gasteiger partial charge is 0.0911 e. The van der Waals surface area contributed by atoms with Gasteiger partial charge in [0.05, 0.1) is 0 Å². The Kier molecular flexibility index (Phi) is 58.8. The molecule has 0 radical (unpaired) electrons. The van der Waals surface area contributed by atoms with E-state index in [4.69, 9.17) is 0 Å². The lowest BCUT2D eigenvalue weighted by Gasteiger charge is -2.21. The lowest BCUT2D eigenvalue weighted by Crippen LogP contribution is -2.07. The van der Waals surface area contributed by atoms with E-state index in [9.17, 15) is 0 Å². The summed E-state index contributed by atoms with van der Waals surface area (Å²) in [7, 11) is 0. The predicted octanol–water partition coefficient (Wildman–Crippen LogP) is 29.9. The summed E-state index contributed by atoms with van der Waals surface area (Å²) in [6, 6.07) is 0. The van der Waals surface area contributed by atoms with Gasteiger partial charge in [-0.05, 0) is 171 Å². The lowest BCUT2D eigenvalue weighted by molar-refractivity contribution is 0.338. The molecule has 0 rings (SSSR count). The summed E-state index contributed by atoms with van der Waals surface area (Å²) >= 11 is 0. The molecule has 0 bridgehead atoms. The van der Waals surface area contributed by atoms with E-state index in [0.29, 0.717) is 54.1 Å². The molecule has 0 N–H and O–H groups in total. The van der Waals surface area contributed by atoms with Crippen molar-refractivity contribution in [1.29, 1.82) is 0 Å². The Morgan fingerprint density at radius 1 is 0.308 bits per heavy atom. The zero-order chi connectivity index (χ0) is 66.1. The Bertz CT molecular complexity index is 1480. The second-order valence-electron chi connectivity index (χ2n) is 33.7. The van der Waals surface area contributed by atoms with Gasteiger partial charge in [0.25, 0.3) is 0 Å². The molecule has 78 heavy (non-hydrogen) atoms. The number of hydrogen-bond acceptors (Lipinski definition) is 0. The van der Waals surface area contributed by atoms with Gasteiger partial charge < -0.3 is 0 Å². The topological polar surface area (TPSA) is 0 Å². The molecule has 0 atom stereocenters. The first-order chi connectivity index (χ1) is 33.8. The van der Waals surface area contributed by atoms with E-state index in [1.54, 1.807) is 0 Å². The van der Waals surface area contributed by atoms with Crippen LogP contribution in [0, 0.1) is 54.1 Å². The third kappa shape index (κ3) is 103. The van der Waals surface area contributed by atoms with Gasteiger partial charge in [0.15, 0.2) is 0 Å². The van der Waals surface area contributed by atoms with E-state index in [2.05, 4.69) is 362 Å². The summed E-state index contributed by atoms with van der Waals surface area (Å²) in [6.07, 6.45) is 21.0. The second kappa shape index (κ2) is 46.6. The van der Waals surface area contributed by atoms with Crippen molar-refractivity contribution < 1.29 is 0 Å². The molecule has 0 aromatic carbocycles. The first-order valence-electron chi connectivity index (χ1n) is 31.3. The molecule has 0 heterocycles. The summed E-state index contributed by atoms with van der Waals surface area (Å²) in [5.74, 6) is 0. The smallest absolute Gasteiger partial charge is 0.0173 e. The molecule has 0 unspecified atom stereocenters. The van der Waals surface area contributed by atoms with E-state index < -0.39 is 0 Å². The third-order valence-electron chi connectivity index (χ3n) is 13.0. The van der Waals surface area contributed by atoms with E-state index in [-0.39, 0.29) is 0 Å². The monoisotopic (exact) mass is 1100 g/mol. The van der Waals surface area contributed by atoms with Crippen molar-refractivity contribution in [2.75, 3.05) is 0 Å². The van der Waals surface area contributed by atoms with Crippen molar-refractivity contribution >= 4 is 0 Å². The highest BCUT2D eigenvalue weighted by Crippen LogP contribution is 2.29. The maximum atomic E-state index is 2.30. The summed E-state index contributed by atoms with van der Waals surface area (Å²) in [4.78, 5) is 0. The van der Waals surface area contributed by atoms with E-state index in [1.165, 1.54) is 83.1 Å². The fraction of sp³-hybridized carbons (Fsp3) is 0.821. The molecule has 0 amide bonds. The van der Waals surface area contributed by atoms with Gasteiger partial charge in [0.2, 0.25) is 0 Å². The van der Waals surface area contributed by atoms with Gasteiger partial charge in [0.1, 0.15) is 0 Å². The molecule has 0 aromatic rings. The van der Waals surface area contributed by atoms with Crippen molar-refractivity contribution in [3.63, 3.8) is 0 Å². The molecule has 474 valence electrons. The molecular weight excluding hydrogens is 937 g/mol. The van der Waals surface area contributed by atoms with E-state index in [0.717, 1.165) is 0 Å². The van der Waals surface area contributed by atoms with Crippen LogP contribution in [0.25, 0.3) is 0 Å². The van der Waals surface area contributed by atoms with Crippen molar-refractivity contribution in [1.82, 2.24) is 0 Å². The third-order valence-corrected chi connectivity index (χ3v) is 13.0. The standard InChI is InChI=1S/2C9H18.4C8H16.2C7H16.C7H14.C7H16/c2*1-7(2)8(3)9(4,5)6;2*1-7(2)6-8(3,4)5;2*1-6-7(2)8(3,4)5;3*1-5-6-7(2,3)4;1-5-7(3,4)6-2/h2*1-6H3;4*6H,1-5H3;2*5-6H2,1-4H3;5-6H,1-4H3;5-6H2,1-4H3/b;;;;2*7-6-;;;6-5-;. The average molecular weight is 1100 g/mol. The molecule has 0 aliphatic carbocycles. The maximum Gasteiger partial charge on any atom is -0.0173 e. The van der Waals surface area contributed by atoms with Crippen molar-refractivity contribution in [3.05, 3.63) is 81.0 Å². The number of allylic oxidation sites excluding steroid dienone is 14. The van der Waals surface area contributed by atoms with Crippen LogP contribution in [0.2, 0.25) is 0 Å². The lowest BCUT2D eigenvalue weighted by atomic mass is 9.85. The van der Waals surface area contributed by atoms with Crippen LogP contribution in [-0.4, -0.2) is 0 Å². The Morgan fingerprint density at radius 3 is 0.526 bits per heavy atom. The van der Waals surface area contributed by atoms with Gasteiger partial charge in [-0.1, -0.05) is 335 Å². The Hall–Kier alpha value is -1.82. The maximum absolute atomic E-state index is 2.30. The second-order valence-corrected chi connectivity index (χ2v) is 33.7. The normalized spacial score (nSPS) is 12.3. The van der Waals surface area contributed by atoms with Crippen molar-refractivity contribution in [2.45, 2.75) is 371 Å². The zero-order valence-electron chi connectivity index (χ0n) is 64.7. The van der Waals surface area contributed by atoms with Crippen molar-refractivity contribution in [3.8, 4) is 0 Å². The fourth-order valence-corrected chi connectivity index (χ4v) is 6.35. The van der Waals surface area contributed by atoms with Gasteiger partial charge in [-0.2, -0.15) is 0 Å². The minimum absolute atomic E-state index is 0.360. The molecular formula is C78H162. The minimum Gasteiger partial charge on any atom is -0.0911 e. The van der Waals surface area contributed by atoms with Gasteiger partial charge in [0, 0.05) is 0 Å². The van der Waals surface area contributed by atoms with Crippen LogP contribution in [0.1, 0.15) is 371 Å². The summed E-state index contributed by atoms with van der Waals surface area (Å²) in [5, 5.41) is 0. The highest BCUT2D eigenvalue weighted by molar-refractivity contribution is 5.14. The summed E-state index contributed by atoms with van der Waals surface area (Å²) in [5.41, 5.74) is 15.8. The zero-order valence-corrected chi connectivity index (χ0v) is 64.7. The van der Waals surface area contributed by atoms with Crippen LogP contribution < -0.4 is 0 Å². The molecule has 0 spiro atoms. The molecule has 0 nitrogen and oxygen atoms in total. The quantitative estimate of drug-likeness (QED) is 0.246. The molecule has 0 heteroatoms. The van der Waals surface area contributed by atoms with Crippen LogP contribution in [-0.2, 0) is 0 Å². The van der Waals surface area contributed by atoms with Gasteiger partial charge in [-0.25, -0.2) is 0 Å². The van der Waals surface area contributed by atoms with E-state index in [1.807, 2.05) is 6.92 Å². The molecule has 0 saturated carbocycles. The van der Waals surface area contributed by atoms with Gasteiger partial charge >= 0.3 is 0 Å². The van der Waals surface area contributed by atoms with Crippen LogP contribution in [0.5, 0.6) is 0 Å². The first-order valence-corrected chi connectivity index (χ1v) is 31.3. The minimum atomic E-state index is 0.360. The molecule has 0 fully saturated rings. The van der Waals surface area contributed by atoms with Crippen LogP contribution in [0.3, 0.4) is 0 Å². The highest BCUT2D eigenvalue weighted by Gasteiger charge is 2.15. The Labute approximate surface area is 503 Å². The first kappa shape index (κ1) is 98.3. The molecule has 0 aromatic heterocycles. The number of rotatable bonds is 4. The fourth-order valence-electron chi connectivity index (χ4n) is 6.35. The highest BCUT2D eigenvalue weighted by atomic mass is 14.2. The number of hydrogen-bond donors (Lipinski definition) is 0. The Balaban J connectivity index is -0.0000000824. The van der Waals surface area contributed by atoms with Gasteiger partial charge in [-0.3, -0.25) is 0 Å². The summed E-state index contributed by atoms with van der Waals surface area (Å²) < 4.78 is 0. The summed E-state index contributed by atoms with van der Waals surface area (Å²) in [6.45, 7) is 106. The molecule has 0 saturated heterocycles. The SMILES string of the molecule is C/C=C(/C)C(C)(C)C.C/C=C(/C)C(C)(C)C.C/C=C\C(C)(C)C.CC(C)=C(C)C(C)(C)C.CC(C)=C(C)C(C)(C)C.CC(C)=CC(C)(C)C.CC(C)=CC(C)(C)C.CCC(C)(C)CC.CCCC(C)(C)C.CCCC(C)(C)C. The van der Waals surface area contributed by atoms with Crippen LogP contribution >= 0.6 is 0 Å². The van der Waals surface area contributed by atoms with Gasteiger partial charge in [-0.15, -0.1) is 0 Å². The molecule has 0 aliphatic rings. The molecule has 0 aliphatic heterocycles. The van der Waals surface area contributed by atoms with Crippen LogP contribution in [0.4, 0.5) is 0 Å². The van der Waals surface area contributed by atoms with E-state index >= 15 is 0 Å². The van der Waals surface area contributed by atoms with Crippen molar-refractivity contribution in [2.24, 2.45) is 54.1 Å². The van der Waals surface area contributed by atoms with Crippen LogP contribution in [0.15, 0.2) is 81.0 Å². The average Bonchev–Trinajstić information content (AvgIpc) is 3.17. The predicted molar refractivity (Wildman–Crippen MR) is 380 cm³/mol. The Morgan fingerprint density at radius 2 is 0.526 bits per heavy atom.